The number of carboxylic acid groups (broad SMARTS) is 1. The van der Waals surface area contributed by atoms with Crippen LogP contribution in [0.15, 0.2) is 5.16 Å². The molecule has 0 aromatic carbocycles. The molecule has 2 rings (SSSR count). The monoisotopic (exact) mass is 169 g/mol. The van der Waals surface area contributed by atoms with Gasteiger partial charge in [0.1, 0.15) is 0 Å². The minimum Gasteiger partial charge on any atom is -0.481 e. The van der Waals surface area contributed by atoms with Crippen LogP contribution in [0.1, 0.15) is 19.3 Å². The van der Waals surface area contributed by atoms with Crippen molar-refractivity contribution >= 4 is 11.7 Å². The van der Waals surface area contributed by atoms with Crippen LogP contribution >= 0.6 is 0 Å². The van der Waals surface area contributed by atoms with Crippen molar-refractivity contribution in [1.82, 2.24) is 0 Å². The number of aliphatic carboxylic acids is 1. The molecular formula is C8H11NO3. The van der Waals surface area contributed by atoms with Crippen molar-refractivity contribution in [3.63, 3.8) is 0 Å². The van der Waals surface area contributed by atoms with Gasteiger partial charge in [-0.2, -0.15) is 0 Å². The van der Waals surface area contributed by atoms with Gasteiger partial charge in [-0.25, -0.2) is 0 Å². The highest BCUT2D eigenvalue weighted by atomic mass is 16.4. The molecule has 0 radical (unpaired) electrons. The van der Waals surface area contributed by atoms with Gasteiger partial charge in [-0.05, 0) is 25.2 Å². The molecule has 4 nitrogen and oxygen atoms in total. The molecule has 0 aromatic heterocycles. The van der Waals surface area contributed by atoms with Gasteiger partial charge in [0, 0.05) is 5.92 Å². The number of nitrogens with zero attached hydrogens (tertiary/aromatic N) is 1. The summed E-state index contributed by atoms with van der Waals surface area (Å²) in [7, 11) is 0. The Hall–Kier alpha value is -1.06. The summed E-state index contributed by atoms with van der Waals surface area (Å²) in [6, 6.07) is 0. The fourth-order valence-electron chi connectivity index (χ4n) is 2.51. The zero-order valence-corrected chi connectivity index (χ0v) is 6.60. The standard InChI is InChI=1S/C8H11NO3/c10-8(11)6-2-4-1-5(6)7(3-4)9-12/h4-6,12H,1-3H2,(H,10,11)/b9-7-/t4-,5-,6+/m0/s1. The van der Waals surface area contributed by atoms with Crippen LogP contribution in [0.4, 0.5) is 0 Å². The van der Waals surface area contributed by atoms with E-state index in [0.29, 0.717) is 11.6 Å². The average molecular weight is 169 g/mol. The molecule has 2 bridgehead atoms. The fourth-order valence-corrected chi connectivity index (χ4v) is 2.51. The van der Waals surface area contributed by atoms with Crippen LogP contribution in [-0.2, 0) is 4.79 Å². The van der Waals surface area contributed by atoms with Gasteiger partial charge < -0.3 is 10.3 Å². The summed E-state index contributed by atoms with van der Waals surface area (Å²) in [5.41, 5.74) is 0.693. The first-order valence-electron chi connectivity index (χ1n) is 4.16. The summed E-state index contributed by atoms with van der Waals surface area (Å²) in [6.07, 6.45) is 2.46. The minimum absolute atomic E-state index is 0.0116. The highest BCUT2D eigenvalue weighted by Crippen LogP contribution is 2.46. The predicted molar refractivity (Wildman–Crippen MR) is 41.2 cm³/mol. The van der Waals surface area contributed by atoms with Crippen LogP contribution < -0.4 is 0 Å². The molecule has 2 aliphatic rings. The van der Waals surface area contributed by atoms with Gasteiger partial charge in [0.05, 0.1) is 11.6 Å². The molecule has 2 N–H and O–H groups in total. The first-order chi connectivity index (χ1) is 5.72. The molecule has 0 unspecified atom stereocenters. The second-order valence-corrected chi connectivity index (χ2v) is 3.68. The number of carboxylic acids is 1. The van der Waals surface area contributed by atoms with Gasteiger partial charge in [0.2, 0.25) is 0 Å². The second kappa shape index (κ2) is 2.47. The fraction of sp³-hybridized carbons (Fsp3) is 0.750. The maximum absolute atomic E-state index is 10.7. The molecule has 66 valence electrons. The number of oxime groups is 1. The first-order valence-corrected chi connectivity index (χ1v) is 4.16. The van der Waals surface area contributed by atoms with Crippen molar-refractivity contribution in [3.8, 4) is 0 Å². The number of hydrogen-bond donors (Lipinski definition) is 2. The third-order valence-electron chi connectivity index (χ3n) is 3.03. The molecule has 4 heteroatoms. The normalized spacial score (nSPS) is 42.3. The summed E-state index contributed by atoms with van der Waals surface area (Å²) in [4.78, 5) is 10.7. The molecule has 2 saturated carbocycles. The smallest absolute Gasteiger partial charge is 0.307 e. The van der Waals surface area contributed by atoms with Crippen molar-refractivity contribution < 1.29 is 15.1 Å². The third kappa shape index (κ3) is 0.906. The van der Waals surface area contributed by atoms with E-state index >= 15 is 0 Å². The van der Waals surface area contributed by atoms with Crippen molar-refractivity contribution in [2.75, 3.05) is 0 Å². The van der Waals surface area contributed by atoms with Crippen LogP contribution in [0, 0.1) is 17.8 Å². The Morgan fingerprint density at radius 2 is 2.25 bits per heavy atom. The van der Waals surface area contributed by atoms with Crippen molar-refractivity contribution in [1.29, 1.82) is 0 Å². The number of rotatable bonds is 1. The van der Waals surface area contributed by atoms with Crippen LogP contribution in [0.3, 0.4) is 0 Å². The van der Waals surface area contributed by atoms with Crippen molar-refractivity contribution in [2.24, 2.45) is 22.9 Å². The van der Waals surface area contributed by atoms with E-state index in [4.69, 9.17) is 10.3 Å². The molecule has 0 heterocycles. The Kier molecular flexibility index (Phi) is 1.56. The zero-order valence-electron chi connectivity index (χ0n) is 6.60. The zero-order chi connectivity index (χ0) is 8.72. The maximum atomic E-state index is 10.7. The maximum Gasteiger partial charge on any atom is 0.307 e. The van der Waals surface area contributed by atoms with Crippen molar-refractivity contribution in [3.05, 3.63) is 0 Å². The number of fused-ring (bicyclic) bond motifs is 2. The van der Waals surface area contributed by atoms with E-state index < -0.39 is 5.97 Å². The number of carbonyl (C=O) groups is 1. The summed E-state index contributed by atoms with van der Waals surface area (Å²) in [5.74, 6) is -0.586. The average Bonchev–Trinajstić information content (AvgIpc) is 2.60. The minimum atomic E-state index is -0.747. The Morgan fingerprint density at radius 1 is 1.50 bits per heavy atom. The first kappa shape index (κ1) is 7.58. The summed E-state index contributed by atoms with van der Waals surface area (Å²) >= 11 is 0. The van der Waals surface area contributed by atoms with Crippen LogP contribution in [0.2, 0.25) is 0 Å². The number of hydrogen-bond acceptors (Lipinski definition) is 3. The van der Waals surface area contributed by atoms with Gasteiger partial charge in [0.15, 0.2) is 0 Å². The van der Waals surface area contributed by atoms with Gasteiger partial charge >= 0.3 is 5.97 Å². The lowest BCUT2D eigenvalue weighted by atomic mass is 9.87. The quantitative estimate of drug-likeness (QED) is 0.453. The molecule has 0 amide bonds. The topological polar surface area (TPSA) is 69.9 Å². The van der Waals surface area contributed by atoms with Gasteiger partial charge in [-0.3, -0.25) is 4.79 Å². The third-order valence-corrected chi connectivity index (χ3v) is 3.03. The van der Waals surface area contributed by atoms with E-state index in [2.05, 4.69) is 5.16 Å². The Morgan fingerprint density at radius 3 is 2.75 bits per heavy atom. The highest BCUT2D eigenvalue weighted by Gasteiger charge is 2.47. The van der Waals surface area contributed by atoms with E-state index in [-0.39, 0.29) is 11.8 Å². The lowest BCUT2D eigenvalue weighted by Crippen LogP contribution is -2.26. The molecule has 2 fully saturated rings. The Balaban J connectivity index is 2.20. The molecule has 0 saturated heterocycles. The van der Waals surface area contributed by atoms with Crippen LogP contribution in [0.25, 0.3) is 0 Å². The van der Waals surface area contributed by atoms with Gasteiger partial charge in [-0.1, -0.05) is 5.16 Å². The molecule has 3 atom stereocenters. The molecule has 0 aromatic rings. The lowest BCUT2D eigenvalue weighted by Gasteiger charge is -2.17. The van der Waals surface area contributed by atoms with E-state index in [1.807, 2.05) is 0 Å². The molecule has 0 spiro atoms. The SMILES string of the molecule is O=C(O)[C@@H]1C[C@H]2C/C(=N/O)[C@H]1C2. The molecule has 12 heavy (non-hydrogen) atoms. The van der Waals surface area contributed by atoms with E-state index in [1.165, 1.54) is 0 Å². The highest BCUT2D eigenvalue weighted by molar-refractivity contribution is 5.93. The summed E-state index contributed by atoms with van der Waals surface area (Å²) in [6.45, 7) is 0. The predicted octanol–water partition coefficient (Wildman–Crippen LogP) is 0.947. The van der Waals surface area contributed by atoms with E-state index in [1.54, 1.807) is 0 Å². The van der Waals surface area contributed by atoms with E-state index in [0.717, 1.165) is 19.3 Å². The largest absolute Gasteiger partial charge is 0.481 e. The van der Waals surface area contributed by atoms with Crippen LogP contribution in [-0.4, -0.2) is 22.0 Å². The summed E-state index contributed by atoms with van der Waals surface area (Å²) in [5, 5.41) is 20.6. The van der Waals surface area contributed by atoms with E-state index in [9.17, 15) is 4.79 Å². The lowest BCUT2D eigenvalue weighted by molar-refractivity contribution is -0.142. The molecule has 2 aliphatic carbocycles. The van der Waals surface area contributed by atoms with Crippen LogP contribution in [0.5, 0.6) is 0 Å². The van der Waals surface area contributed by atoms with Gasteiger partial charge in [0.25, 0.3) is 0 Å². The molecular weight excluding hydrogens is 158 g/mol. The summed E-state index contributed by atoms with van der Waals surface area (Å²) < 4.78 is 0. The Labute approximate surface area is 69.9 Å². The Bertz CT molecular complexity index is 249. The second-order valence-electron chi connectivity index (χ2n) is 3.68. The van der Waals surface area contributed by atoms with Crippen molar-refractivity contribution in [2.45, 2.75) is 19.3 Å². The molecule has 0 aliphatic heterocycles. The van der Waals surface area contributed by atoms with Gasteiger partial charge in [-0.15, -0.1) is 0 Å².